The zero-order valence-corrected chi connectivity index (χ0v) is 22.6. The number of fused-ring (bicyclic) bond motifs is 1. The Balaban J connectivity index is 1.66. The first-order valence-electron chi connectivity index (χ1n) is 12.3. The van der Waals surface area contributed by atoms with E-state index in [1.54, 1.807) is 38.1 Å². The summed E-state index contributed by atoms with van der Waals surface area (Å²) in [5.41, 5.74) is 1.03. The number of aliphatic hydroxyl groups excluding tert-OH is 1. The number of aromatic nitrogens is 1. The molecule has 1 saturated heterocycles. The van der Waals surface area contributed by atoms with E-state index in [9.17, 15) is 24.3 Å². The number of methoxy groups -OCH3 is 1. The zero-order chi connectivity index (χ0) is 28.6. The molecule has 0 bridgehead atoms. The van der Waals surface area contributed by atoms with Crippen molar-refractivity contribution in [1.29, 1.82) is 0 Å². The summed E-state index contributed by atoms with van der Waals surface area (Å²) in [7, 11) is 1.25. The fraction of sp³-hybridized carbons (Fsp3) is 0.250. The summed E-state index contributed by atoms with van der Waals surface area (Å²) in [5.74, 6) is -2.60. The molecule has 5 rings (SSSR count). The number of rotatable bonds is 6. The highest BCUT2D eigenvalue weighted by molar-refractivity contribution is 7.17. The number of carbonyl (C=O) groups is 4. The van der Waals surface area contributed by atoms with Gasteiger partial charge < -0.3 is 24.1 Å². The standard InChI is InChI=1S/C28H24N2O9S/c1-4-37-27(35)24-14(2)29-28(40-24)30-21(15-5-7-16(8-6-15)26(34)36-3)20(23(32)25(30)33)22(31)17-9-10-18-19(13-17)39-12-11-38-18/h5-10,13,21,31H,4,11-12H2,1-3H3. The molecule has 0 aliphatic carbocycles. The molecule has 0 radical (unpaired) electrons. The molecule has 0 saturated carbocycles. The van der Waals surface area contributed by atoms with Gasteiger partial charge in [0, 0.05) is 5.56 Å². The van der Waals surface area contributed by atoms with E-state index in [1.165, 1.54) is 25.3 Å². The fourth-order valence-electron chi connectivity index (χ4n) is 4.48. The minimum atomic E-state index is -1.12. The Morgan fingerprint density at radius 1 is 1.05 bits per heavy atom. The summed E-state index contributed by atoms with van der Waals surface area (Å²) < 4.78 is 21.0. The smallest absolute Gasteiger partial charge is 0.350 e. The fourth-order valence-corrected chi connectivity index (χ4v) is 5.47. The highest BCUT2D eigenvalue weighted by atomic mass is 32.1. The number of benzene rings is 2. The van der Waals surface area contributed by atoms with Crippen LogP contribution >= 0.6 is 11.3 Å². The van der Waals surface area contributed by atoms with Crippen molar-refractivity contribution in [2.24, 2.45) is 0 Å². The van der Waals surface area contributed by atoms with Crippen molar-refractivity contribution in [3.05, 3.63) is 75.3 Å². The number of ketones is 1. The Hall–Kier alpha value is -4.71. The number of aryl methyl sites for hydroxylation is 1. The third-order valence-corrected chi connectivity index (χ3v) is 7.50. The molecule has 11 nitrogen and oxygen atoms in total. The van der Waals surface area contributed by atoms with E-state index >= 15 is 0 Å². The zero-order valence-electron chi connectivity index (χ0n) is 21.8. The van der Waals surface area contributed by atoms with Gasteiger partial charge in [-0.1, -0.05) is 23.5 Å². The van der Waals surface area contributed by atoms with Gasteiger partial charge in [0.05, 0.1) is 36.6 Å². The molecule has 2 aliphatic heterocycles. The molecule has 1 aromatic heterocycles. The predicted octanol–water partition coefficient (Wildman–Crippen LogP) is 3.81. The number of hydrogen-bond acceptors (Lipinski definition) is 11. The van der Waals surface area contributed by atoms with Gasteiger partial charge in [-0.3, -0.25) is 14.5 Å². The van der Waals surface area contributed by atoms with Crippen LogP contribution in [0.3, 0.4) is 0 Å². The summed E-state index contributed by atoms with van der Waals surface area (Å²) in [6.07, 6.45) is 0. The van der Waals surface area contributed by atoms with Gasteiger partial charge in [0.2, 0.25) is 0 Å². The summed E-state index contributed by atoms with van der Waals surface area (Å²) in [4.78, 5) is 57.1. The lowest BCUT2D eigenvalue weighted by molar-refractivity contribution is -0.132. The SMILES string of the molecule is CCOC(=O)c1sc(N2C(=O)C(=O)C(=C(O)c3ccc4c(c3)OCCO4)C2c2ccc(C(=O)OC)cc2)nc1C. The summed E-state index contributed by atoms with van der Waals surface area (Å²) >= 11 is 0.901. The highest BCUT2D eigenvalue weighted by Gasteiger charge is 2.48. The topological polar surface area (TPSA) is 142 Å². The van der Waals surface area contributed by atoms with E-state index in [-0.39, 0.29) is 33.3 Å². The molecule has 3 aromatic rings. The highest BCUT2D eigenvalue weighted by Crippen LogP contribution is 2.44. The van der Waals surface area contributed by atoms with Gasteiger partial charge in [-0.15, -0.1) is 0 Å². The second-order valence-corrected chi connectivity index (χ2v) is 9.75. The number of esters is 2. The summed E-state index contributed by atoms with van der Waals surface area (Å²) in [5, 5.41) is 11.5. The van der Waals surface area contributed by atoms with Crippen molar-refractivity contribution >= 4 is 45.9 Å². The maximum absolute atomic E-state index is 13.5. The summed E-state index contributed by atoms with van der Waals surface area (Å²) in [6.45, 7) is 4.12. The number of carbonyl (C=O) groups excluding carboxylic acids is 4. The van der Waals surface area contributed by atoms with Crippen LogP contribution in [0.5, 0.6) is 11.5 Å². The van der Waals surface area contributed by atoms with Gasteiger partial charge >= 0.3 is 17.8 Å². The van der Waals surface area contributed by atoms with Crippen LogP contribution in [0.4, 0.5) is 5.13 Å². The van der Waals surface area contributed by atoms with Crippen molar-refractivity contribution in [2.75, 3.05) is 31.8 Å². The van der Waals surface area contributed by atoms with E-state index in [1.807, 2.05) is 0 Å². The van der Waals surface area contributed by atoms with Gasteiger partial charge in [-0.2, -0.15) is 0 Å². The molecule has 40 heavy (non-hydrogen) atoms. The van der Waals surface area contributed by atoms with E-state index < -0.39 is 35.4 Å². The second kappa shape index (κ2) is 10.8. The maximum Gasteiger partial charge on any atom is 0.350 e. The Kier molecular flexibility index (Phi) is 7.26. The van der Waals surface area contributed by atoms with E-state index in [2.05, 4.69) is 4.98 Å². The van der Waals surface area contributed by atoms with Crippen LogP contribution in [0.25, 0.3) is 5.76 Å². The molecule has 206 valence electrons. The lowest BCUT2D eigenvalue weighted by Gasteiger charge is -2.23. The quantitative estimate of drug-likeness (QED) is 0.203. The van der Waals surface area contributed by atoms with Crippen molar-refractivity contribution in [1.82, 2.24) is 4.98 Å². The van der Waals surface area contributed by atoms with Gasteiger partial charge in [0.25, 0.3) is 5.78 Å². The Bertz CT molecular complexity index is 1560. The molecular formula is C28H24N2O9S. The second-order valence-electron chi connectivity index (χ2n) is 8.77. The third-order valence-electron chi connectivity index (χ3n) is 6.36. The Labute approximate surface area is 232 Å². The van der Waals surface area contributed by atoms with Gasteiger partial charge in [-0.25, -0.2) is 14.6 Å². The largest absolute Gasteiger partial charge is 0.507 e. The molecule has 1 atom stereocenters. The number of Topliss-reactive ketones (excluding diaryl/α,β-unsaturated/α-hetero) is 1. The van der Waals surface area contributed by atoms with Crippen molar-refractivity contribution in [3.63, 3.8) is 0 Å². The number of thiazole rings is 1. The van der Waals surface area contributed by atoms with Crippen LogP contribution < -0.4 is 14.4 Å². The van der Waals surface area contributed by atoms with Crippen LogP contribution in [0.1, 0.15) is 49.8 Å². The maximum atomic E-state index is 13.5. The first-order chi connectivity index (χ1) is 19.2. The molecule has 12 heteroatoms. The monoisotopic (exact) mass is 564 g/mol. The van der Waals surface area contributed by atoms with Crippen LogP contribution in [-0.4, -0.2) is 60.6 Å². The minimum Gasteiger partial charge on any atom is -0.507 e. The van der Waals surface area contributed by atoms with Crippen molar-refractivity contribution in [3.8, 4) is 11.5 Å². The number of amides is 1. The molecule has 1 fully saturated rings. The average Bonchev–Trinajstić information content (AvgIpc) is 3.48. The first-order valence-corrected chi connectivity index (χ1v) is 13.1. The molecule has 2 aliphatic rings. The van der Waals surface area contributed by atoms with Crippen LogP contribution in [0.15, 0.2) is 48.0 Å². The summed E-state index contributed by atoms with van der Waals surface area (Å²) in [6, 6.07) is 9.65. The normalized spacial score (nSPS) is 17.6. The number of aliphatic hydroxyl groups is 1. The van der Waals surface area contributed by atoms with E-state index in [0.717, 1.165) is 16.2 Å². The molecular weight excluding hydrogens is 540 g/mol. The molecule has 1 N–H and O–H groups in total. The lowest BCUT2D eigenvalue weighted by Crippen LogP contribution is -2.29. The van der Waals surface area contributed by atoms with Crippen molar-refractivity contribution in [2.45, 2.75) is 19.9 Å². The lowest BCUT2D eigenvalue weighted by atomic mass is 9.94. The first kappa shape index (κ1) is 26.9. The Morgan fingerprint density at radius 2 is 1.73 bits per heavy atom. The molecule has 0 spiro atoms. The van der Waals surface area contributed by atoms with E-state index in [4.69, 9.17) is 18.9 Å². The van der Waals surface area contributed by atoms with Crippen LogP contribution in [0, 0.1) is 6.92 Å². The van der Waals surface area contributed by atoms with Crippen LogP contribution in [0.2, 0.25) is 0 Å². The van der Waals surface area contributed by atoms with Gasteiger partial charge in [-0.05, 0) is 49.7 Å². The number of ether oxygens (including phenoxy) is 4. The van der Waals surface area contributed by atoms with Crippen LogP contribution in [-0.2, 0) is 19.1 Å². The van der Waals surface area contributed by atoms with Gasteiger partial charge in [0.1, 0.15) is 23.9 Å². The molecule has 1 unspecified atom stereocenters. The molecule has 3 heterocycles. The molecule has 2 aromatic carbocycles. The van der Waals surface area contributed by atoms with Gasteiger partial charge in [0.15, 0.2) is 16.6 Å². The predicted molar refractivity (Wildman–Crippen MR) is 143 cm³/mol. The number of nitrogens with zero attached hydrogens (tertiary/aromatic N) is 2. The molecule has 1 amide bonds. The minimum absolute atomic E-state index is 0.0749. The number of hydrogen-bond donors (Lipinski definition) is 1. The Morgan fingerprint density at radius 3 is 2.40 bits per heavy atom. The number of anilines is 1. The average molecular weight is 565 g/mol. The van der Waals surface area contributed by atoms with E-state index in [0.29, 0.717) is 36.0 Å². The van der Waals surface area contributed by atoms with Crippen molar-refractivity contribution < 1.29 is 43.2 Å². The third kappa shape index (κ3) is 4.66.